The van der Waals surface area contributed by atoms with Gasteiger partial charge in [0.1, 0.15) is 0 Å². The van der Waals surface area contributed by atoms with E-state index in [0.717, 1.165) is 72.8 Å². The van der Waals surface area contributed by atoms with Crippen molar-refractivity contribution in [2.45, 2.75) is 18.9 Å². The zero-order chi connectivity index (χ0) is 19.6. The van der Waals surface area contributed by atoms with Gasteiger partial charge < -0.3 is 9.64 Å². The third-order valence-electron chi connectivity index (χ3n) is 5.87. The molecule has 1 amide bonds. The fourth-order valence-electron chi connectivity index (χ4n) is 4.28. The van der Waals surface area contributed by atoms with Gasteiger partial charge in [-0.2, -0.15) is 0 Å². The maximum Gasteiger partial charge on any atom is 0.254 e. The van der Waals surface area contributed by atoms with E-state index in [0.29, 0.717) is 6.10 Å². The number of ether oxygens (including phenoxy) is 1. The van der Waals surface area contributed by atoms with Crippen LogP contribution in [-0.4, -0.2) is 66.1 Å². The lowest BCUT2D eigenvalue weighted by molar-refractivity contribution is 0.0433. The van der Waals surface area contributed by atoms with Crippen molar-refractivity contribution in [2.75, 3.05) is 39.3 Å². The molecule has 1 unspecified atom stereocenters. The van der Waals surface area contributed by atoms with Gasteiger partial charge in [-0.05, 0) is 36.4 Å². The van der Waals surface area contributed by atoms with Gasteiger partial charge in [-0.25, -0.2) is 4.98 Å². The summed E-state index contributed by atoms with van der Waals surface area (Å²) in [6.07, 6.45) is 2.70. The van der Waals surface area contributed by atoms with E-state index in [9.17, 15) is 4.79 Å². The van der Waals surface area contributed by atoms with Crippen molar-refractivity contribution < 1.29 is 9.53 Å². The van der Waals surface area contributed by atoms with Gasteiger partial charge in [0.25, 0.3) is 5.91 Å². The van der Waals surface area contributed by atoms with E-state index in [1.165, 1.54) is 6.42 Å². The molecule has 5 rings (SSSR count). The Morgan fingerprint density at radius 2 is 2.00 bits per heavy atom. The Kier molecular flexibility index (Phi) is 5.31. The number of pyridine rings is 1. The Morgan fingerprint density at radius 3 is 2.76 bits per heavy atom. The van der Waals surface area contributed by atoms with Crippen LogP contribution in [0.1, 0.15) is 23.2 Å². The molecule has 5 nitrogen and oxygen atoms in total. The number of hydrogen-bond donors (Lipinski definition) is 0. The summed E-state index contributed by atoms with van der Waals surface area (Å²) in [7, 11) is 0. The lowest BCUT2D eigenvalue weighted by Gasteiger charge is -2.36. The van der Waals surface area contributed by atoms with Gasteiger partial charge in [-0.3, -0.25) is 9.69 Å². The zero-order valence-corrected chi connectivity index (χ0v) is 17.2. The third-order valence-corrected chi connectivity index (χ3v) is 6.76. The van der Waals surface area contributed by atoms with Gasteiger partial charge in [0.2, 0.25) is 0 Å². The molecule has 2 saturated heterocycles. The topological polar surface area (TPSA) is 45.7 Å². The highest BCUT2D eigenvalue weighted by molar-refractivity contribution is 7.13. The summed E-state index contributed by atoms with van der Waals surface area (Å²) in [5.41, 5.74) is 2.50. The molecule has 4 heterocycles. The molecule has 2 aliphatic rings. The lowest BCUT2D eigenvalue weighted by Crippen LogP contribution is -2.50. The van der Waals surface area contributed by atoms with Crippen LogP contribution in [0.25, 0.3) is 21.5 Å². The number of carbonyl (C=O) groups is 1. The van der Waals surface area contributed by atoms with Crippen LogP contribution in [0, 0.1) is 0 Å². The van der Waals surface area contributed by atoms with Crippen LogP contribution < -0.4 is 0 Å². The SMILES string of the molecule is O=C(c1cc(-c2cccs2)nc2ccccc12)N1CCN(CC2CCCO2)CC1. The van der Waals surface area contributed by atoms with Gasteiger partial charge in [-0.15, -0.1) is 11.3 Å². The van der Waals surface area contributed by atoms with Crippen molar-refractivity contribution in [1.82, 2.24) is 14.8 Å². The average Bonchev–Trinajstić information content (AvgIpc) is 3.47. The second-order valence-electron chi connectivity index (χ2n) is 7.78. The molecule has 29 heavy (non-hydrogen) atoms. The smallest absolute Gasteiger partial charge is 0.254 e. The number of rotatable bonds is 4. The van der Waals surface area contributed by atoms with Gasteiger partial charge >= 0.3 is 0 Å². The molecule has 0 N–H and O–H groups in total. The summed E-state index contributed by atoms with van der Waals surface area (Å²) in [5, 5.41) is 2.97. The quantitative estimate of drug-likeness (QED) is 0.658. The predicted molar refractivity (Wildman–Crippen MR) is 116 cm³/mol. The number of fused-ring (bicyclic) bond motifs is 1. The summed E-state index contributed by atoms with van der Waals surface area (Å²) >= 11 is 1.65. The minimum Gasteiger partial charge on any atom is -0.377 e. The maximum absolute atomic E-state index is 13.4. The number of amides is 1. The molecule has 150 valence electrons. The van der Waals surface area contributed by atoms with Crippen LogP contribution in [0.2, 0.25) is 0 Å². The first-order chi connectivity index (χ1) is 14.3. The van der Waals surface area contributed by atoms with Gasteiger partial charge in [-0.1, -0.05) is 24.3 Å². The maximum atomic E-state index is 13.4. The Balaban J connectivity index is 1.37. The minimum absolute atomic E-state index is 0.109. The summed E-state index contributed by atoms with van der Waals surface area (Å²) in [6, 6.07) is 14.0. The molecule has 0 radical (unpaired) electrons. The van der Waals surface area contributed by atoms with E-state index in [1.54, 1.807) is 11.3 Å². The summed E-state index contributed by atoms with van der Waals surface area (Å²) in [4.78, 5) is 23.8. The highest BCUT2D eigenvalue weighted by Crippen LogP contribution is 2.28. The first-order valence-corrected chi connectivity index (χ1v) is 11.2. The molecular formula is C23H25N3O2S. The largest absolute Gasteiger partial charge is 0.377 e. The molecule has 0 spiro atoms. The molecule has 2 fully saturated rings. The number of benzene rings is 1. The van der Waals surface area contributed by atoms with Crippen LogP contribution in [-0.2, 0) is 4.74 Å². The highest BCUT2D eigenvalue weighted by Gasteiger charge is 2.26. The zero-order valence-electron chi connectivity index (χ0n) is 16.4. The van der Waals surface area contributed by atoms with Crippen LogP contribution in [0.15, 0.2) is 47.8 Å². The summed E-state index contributed by atoms with van der Waals surface area (Å²) in [5.74, 6) is 0.109. The van der Waals surface area contributed by atoms with Crippen molar-refractivity contribution in [3.05, 3.63) is 53.4 Å². The van der Waals surface area contributed by atoms with Crippen molar-refractivity contribution in [2.24, 2.45) is 0 Å². The van der Waals surface area contributed by atoms with Crippen LogP contribution >= 0.6 is 11.3 Å². The molecule has 2 aromatic heterocycles. The second-order valence-corrected chi connectivity index (χ2v) is 8.73. The number of hydrogen-bond acceptors (Lipinski definition) is 5. The molecule has 1 aromatic carbocycles. The fraction of sp³-hybridized carbons (Fsp3) is 0.391. The monoisotopic (exact) mass is 407 g/mol. The van der Waals surface area contributed by atoms with E-state index in [2.05, 4.69) is 11.0 Å². The average molecular weight is 408 g/mol. The molecular weight excluding hydrogens is 382 g/mol. The summed E-state index contributed by atoms with van der Waals surface area (Å²) in [6.45, 7) is 5.22. The third kappa shape index (κ3) is 3.92. The van der Waals surface area contributed by atoms with Crippen molar-refractivity contribution in [3.8, 4) is 10.6 Å². The number of para-hydroxylation sites is 1. The van der Waals surface area contributed by atoms with Crippen molar-refractivity contribution in [1.29, 1.82) is 0 Å². The Bertz CT molecular complexity index is 991. The number of piperazine rings is 1. The summed E-state index contributed by atoms with van der Waals surface area (Å²) < 4.78 is 5.77. The fourth-order valence-corrected chi connectivity index (χ4v) is 4.97. The van der Waals surface area contributed by atoms with Crippen LogP contribution in [0.4, 0.5) is 0 Å². The van der Waals surface area contributed by atoms with Gasteiger partial charge in [0, 0.05) is 44.7 Å². The van der Waals surface area contributed by atoms with E-state index in [1.807, 2.05) is 46.7 Å². The normalized spacial score (nSPS) is 20.4. The number of thiophene rings is 1. The molecule has 0 aliphatic carbocycles. The highest BCUT2D eigenvalue weighted by atomic mass is 32.1. The molecule has 6 heteroatoms. The molecule has 0 bridgehead atoms. The van der Waals surface area contributed by atoms with Gasteiger partial charge in [0.05, 0.1) is 27.8 Å². The minimum atomic E-state index is 0.109. The Morgan fingerprint density at radius 1 is 1.14 bits per heavy atom. The van der Waals surface area contributed by atoms with Gasteiger partial charge in [0.15, 0.2) is 0 Å². The van der Waals surface area contributed by atoms with E-state index in [-0.39, 0.29) is 5.91 Å². The standard InChI is InChI=1S/C23H25N3O2S/c27-23(26-11-9-25(10-12-26)16-17-5-3-13-28-17)19-15-21(22-8-4-14-29-22)24-20-7-2-1-6-18(19)20/h1-2,4,6-8,14-15,17H,3,5,9-13,16H2. The van der Waals surface area contributed by atoms with E-state index < -0.39 is 0 Å². The Hall–Kier alpha value is -2.28. The lowest BCUT2D eigenvalue weighted by atomic mass is 10.1. The van der Waals surface area contributed by atoms with E-state index in [4.69, 9.17) is 9.72 Å². The molecule has 0 saturated carbocycles. The predicted octanol–water partition coefficient (Wildman–Crippen LogP) is 3.90. The molecule has 1 atom stereocenters. The molecule has 2 aliphatic heterocycles. The van der Waals surface area contributed by atoms with Crippen LogP contribution in [0.5, 0.6) is 0 Å². The Labute approximate surface area is 174 Å². The van der Waals surface area contributed by atoms with Crippen LogP contribution in [0.3, 0.4) is 0 Å². The van der Waals surface area contributed by atoms with E-state index >= 15 is 0 Å². The van der Waals surface area contributed by atoms with Crippen molar-refractivity contribution >= 4 is 28.1 Å². The number of aromatic nitrogens is 1. The first-order valence-electron chi connectivity index (χ1n) is 10.3. The van der Waals surface area contributed by atoms with Crippen molar-refractivity contribution in [3.63, 3.8) is 0 Å². The first kappa shape index (κ1) is 18.7. The number of carbonyl (C=O) groups excluding carboxylic acids is 1. The number of nitrogens with zero attached hydrogens (tertiary/aromatic N) is 3. The second kappa shape index (κ2) is 8.22. The molecule has 3 aromatic rings.